The van der Waals surface area contributed by atoms with Gasteiger partial charge in [0, 0.05) is 17.2 Å². The van der Waals surface area contributed by atoms with Crippen LogP contribution < -0.4 is 5.43 Å². The average Bonchev–Trinajstić information content (AvgIpc) is 2.83. The zero-order valence-electron chi connectivity index (χ0n) is 11.5. The van der Waals surface area contributed by atoms with E-state index in [0.717, 1.165) is 5.76 Å². The summed E-state index contributed by atoms with van der Waals surface area (Å²) < 4.78 is 5.26. The van der Waals surface area contributed by atoms with Crippen LogP contribution >= 0.6 is 0 Å². The van der Waals surface area contributed by atoms with Gasteiger partial charge in [-0.15, -0.1) is 0 Å². The molecule has 1 amide bonds. The van der Waals surface area contributed by atoms with Gasteiger partial charge in [0.05, 0.1) is 11.1 Å². The number of furan rings is 1. The van der Waals surface area contributed by atoms with Crippen LogP contribution in [-0.2, 0) is 0 Å². The number of amides is 1. The van der Waals surface area contributed by atoms with Gasteiger partial charge in [0.15, 0.2) is 0 Å². The molecule has 0 bridgehead atoms. The summed E-state index contributed by atoms with van der Waals surface area (Å²) in [5.74, 6) is 0.814. The lowest BCUT2D eigenvalue weighted by Gasteiger charge is -2.01. The molecular weight excluding hydrogens is 274 g/mol. The van der Waals surface area contributed by atoms with Crippen molar-refractivity contribution in [1.29, 1.82) is 0 Å². The first-order chi connectivity index (χ1) is 9.97. The van der Waals surface area contributed by atoms with Gasteiger partial charge in [0.25, 0.3) is 11.6 Å². The number of nitro groups is 1. The topological polar surface area (TPSA) is 97.7 Å². The first-order valence-electron chi connectivity index (χ1n) is 6.12. The zero-order valence-corrected chi connectivity index (χ0v) is 11.5. The molecule has 7 nitrogen and oxygen atoms in total. The fourth-order valence-corrected chi connectivity index (χ4v) is 1.74. The molecule has 1 aromatic carbocycles. The van der Waals surface area contributed by atoms with Crippen molar-refractivity contribution < 1.29 is 14.1 Å². The summed E-state index contributed by atoms with van der Waals surface area (Å²) in [4.78, 5) is 22.1. The maximum atomic E-state index is 11.8. The maximum Gasteiger partial charge on any atom is 0.272 e. The second kappa shape index (κ2) is 6.00. The van der Waals surface area contributed by atoms with E-state index in [2.05, 4.69) is 10.5 Å². The maximum absolute atomic E-state index is 11.8. The molecular formula is C14H13N3O4. The number of hydrogen-bond acceptors (Lipinski definition) is 5. The molecule has 0 aliphatic rings. The monoisotopic (exact) mass is 287 g/mol. The Kier molecular flexibility index (Phi) is 4.13. The van der Waals surface area contributed by atoms with Crippen LogP contribution in [0, 0.1) is 24.0 Å². The molecule has 2 aromatic rings. The number of hydrogen-bond donors (Lipinski definition) is 1. The quantitative estimate of drug-likeness (QED) is 0.530. The van der Waals surface area contributed by atoms with Gasteiger partial charge in [-0.2, -0.15) is 5.10 Å². The van der Waals surface area contributed by atoms with Crippen molar-refractivity contribution in [2.75, 3.05) is 0 Å². The molecule has 0 saturated carbocycles. The summed E-state index contributed by atoms with van der Waals surface area (Å²) in [5, 5.41) is 14.5. The van der Waals surface area contributed by atoms with Crippen LogP contribution in [0.2, 0.25) is 0 Å². The summed E-state index contributed by atoms with van der Waals surface area (Å²) in [5.41, 5.74) is 3.02. The molecule has 7 heteroatoms. The molecule has 21 heavy (non-hydrogen) atoms. The number of benzene rings is 1. The molecule has 1 aromatic heterocycles. The highest BCUT2D eigenvalue weighted by molar-refractivity contribution is 5.95. The van der Waals surface area contributed by atoms with Crippen LogP contribution in [0.5, 0.6) is 0 Å². The van der Waals surface area contributed by atoms with Gasteiger partial charge in [-0.05, 0) is 38.1 Å². The van der Waals surface area contributed by atoms with Gasteiger partial charge >= 0.3 is 0 Å². The standard InChI is InChI=1S/C14H13N3O4/c1-9-7-11(4-6-13(9)17(19)20)14(18)16-15-8-12-5-3-10(2)21-12/h3-8H,1-2H3,(H,16,18). The largest absolute Gasteiger partial charge is 0.460 e. The van der Waals surface area contributed by atoms with Gasteiger partial charge in [-0.3, -0.25) is 14.9 Å². The minimum Gasteiger partial charge on any atom is -0.460 e. The molecule has 2 rings (SSSR count). The van der Waals surface area contributed by atoms with E-state index in [-0.39, 0.29) is 5.69 Å². The molecule has 0 radical (unpaired) electrons. The second-order valence-corrected chi connectivity index (χ2v) is 4.41. The fraction of sp³-hybridized carbons (Fsp3) is 0.143. The number of aryl methyl sites for hydroxylation is 2. The van der Waals surface area contributed by atoms with E-state index in [1.54, 1.807) is 26.0 Å². The van der Waals surface area contributed by atoms with Crippen LogP contribution in [0.3, 0.4) is 0 Å². The molecule has 1 N–H and O–H groups in total. The highest BCUT2D eigenvalue weighted by Crippen LogP contribution is 2.18. The van der Waals surface area contributed by atoms with E-state index in [1.165, 1.54) is 24.4 Å². The Morgan fingerprint density at radius 3 is 2.67 bits per heavy atom. The number of hydrazone groups is 1. The van der Waals surface area contributed by atoms with Gasteiger partial charge < -0.3 is 4.42 Å². The minimum absolute atomic E-state index is 0.0267. The Morgan fingerprint density at radius 1 is 1.33 bits per heavy atom. The van der Waals surface area contributed by atoms with Gasteiger partial charge in [0.2, 0.25) is 0 Å². The van der Waals surface area contributed by atoms with E-state index in [1.807, 2.05) is 0 Å². The average molecular weight is 287 g/mol. The Labute approximate surface area is 120 Å². The van der Waals surface area contributed by atoms with E-state index >= 15 is 0 Å². The fourth-order valence-electron chi connectivity index (χ4n) is 1.74. The minimum atomic E-state index is -0.492. The molecule has 0 saturated heterocycles. The second-order valence-electron chi connectivity index (χ2n) is 4.41. The third kappa shape index (κ3) is 3.53. The summed E-state index contributed by atoms with van der Waals surface area (Å²) in [6.07, 6.45) is 1.38. The lowest BCUT2D eigenvalue weighted by Crippen LogP contribution is -2.17. The number of nitrogens with zero attached hydrogens (tertiary/aromatic N) is 2. The van der Waals surface area contributed by atoms with Crippen molar-refractivity contribution in [2.45, 2.75) is 13.8 Å². The SMILES string of the molecule is Cc1ccc(C=NNC(=O)c2ccc([N+](=O)[O-])c(C)c2)o1. The molecule has 108 valence electrons. The van der Waals surface area contributed by atoms with Crippen LogP contribution in [0.4, 0.5) is 5.69 Å². The Bertz CT molecular complexity index is 719. The van der Waals surface area contributed by atoms with E-state index < -0.39 is 10.8 Å². The predicted octanol–water partition coefficient (Wildman–Crippen LogP) is 2.57. The lowest BCUT2D eigenvalue weighted by molar-refractivity contribution is -0.385. The molecule has 0 unspecified atom stereocenters. The third-order valence-electron chi connectivity index (χ3n) is 2.77. The van der Waals surface area contributed by atoms with Crippen molar-refractivity contribution in [3.8, 4) is 0 Å². The summed E-state index contributed by atoms with van der Waals surface area (Å²) in [6.45, 7) is 3.37. The van der Waals surface area contributed by atoms with Crippen LogP contribution in [0.1, 0.15) is 27.4 Å². The molecule has 0 atom stereocenters. The van der Waals surface area contributed by atoms with Crippen LogP contribution in [0.25, 0.3) is 0 Å². The zero-order chi connectivity index (χ0) is 15.4. The smallest absolute Gasteiger partial charge is 0.272 e. The Hall–Kier alpha value is -2.96. The summed E-state index contributed by atoms with van der Waals surface area (Å²) in [7, 11) is 0. The molecule has 1 heterocycles. The van der Waals surface area contributed by atoms with Gasteiger partial charge in [-0.1, -0.05) is 0 Å². The van der Waals surface area contributed by atoms with Crippen LogP contribution in [-0.4, -0.2) is 17.0 Å². The number of rotatable bonds is 4. The van der Waals surface area contributed by atoms with Gasteiger partial charge in [-0.25, -0.2) is 5.43 Å². The summed E-state index contributed by atoms with van der Waals surface area (Å²) >= 11 is 0. The van der Waals surface area contributed by atoms with Crippen molar-refractivity contribution >= 4 is 17.8 Å². The van der Waals surface area contributed by atoms with E-state index in [0.29, 0.717) is 16.9 Å². The number of carbonyl (C=O) groups excluding carboxylic acids is 1. The van der Waals surface area contributed by atoms with Crippen molar-refractivity contribution in [3.63, 3.8) is 0 Å². The van der Waals surface area contributed by atoms with Crippen LogP contribution in [0.15, 0.2) is 39.9 Å². The molecule has 0 aliphatic heterocycles. The Morgan fingerprint density at radius 2 is 2.10 bits per heavy atom. The normalized spacial score (nSPS) is 10.8. The van der Waals surface area contributed by atoms with E-state index in [9.17, 15) is 14.9 Å². The first kappa shape index (κ1) is 14.4. The predicted molar refractivity (Wildman–Crippen MR) is 76.3 cm³/mol. The molecule has 0 aliphatic carbocycles. The number of nitro benzene ring substituents is 1. The highest BCUT2D eigenvalue weighted by Gasteiger charge is 2.13. The third-order valence-corrected chi connectivity index (χ3v) is 2.77. The van der Waals surface area contributed by atoms with Crippen molar-refractivity contribution in [2.24, 2.45) is 5.10 Å². The molecule has 0 fully saturated rings. The number of nitrogens with one attached hydrogen (secondary N) is 1. The van der Waals surface area contributed by atoms with E-state index in [4.69, 9.17) is 4.42 Å². The van der Waals surface area contributed by atoms with Crippen molar-refractivity contribution in [3.05, 3.63) is 63.1 Å². The van der Waals surface area contributed by atoms with Gasteiger partial charge in [0.1, 0.15) is 11.5 Å². The molecule has 0 spiro atoms. The lowest BCUT2D eigenvalue weighted by atomic mass is 10.1. The summed E-state index contributed by atoms with van der Waals surface area (Å²) in [6, 6.07) is 7.63. The number of carbonyl (C=O) groups is 1. The van der Waals surface area contributed by atoms with Crippen molar-refractivity contribution in [1.82, 2.24) is 5.43 Å². The highest BCUT2D eigenvalue weighted by atomic mass is 16.6. The Balaban J connectivity index is 2.05. The first-order valence-corrected chi connectivity index (χ1v) is 6.12.